The Morgan fingerprint density at radius 2 is 1.60 bits per heavy atom. The molecule has 2 aliphatic rings. The van der Waals surface area contributed by atoms with E-state index in [1.807, 2.05) is 0 Å². The smallest absolute Gasteiger partial charge is 0.430 e. The molecule has 2 heterocycles. The molecular formula is C31H29F6N3O5. The maximum Gasteiger partial charge on any atom is 0.430 e. The maximum atomic E-state index is 13.6. The monoisotopic (exact) mass is 637 g/mol. The molecule has 1 unspecified atom stereocenters. The summed E-state index contributed by atoms with van der Waals surface area (Å²) in [7, 11) is 0. The number of benzene rings is 3. The summed E-state index contributed by atoms with van der Waals surface area (Å²) in [6.07, 6.45) is -11.3. The Kier molecular flexibility index (Phi) is 8.38. The zero-order valence-electron chi connectivity index (χ0n) is 23.9. The Bertz CT molecular complexity index is 1570. The van der Waals surface area contributed by atoms with Crippen molar-refractivity contribution >= 4 is 17.6 Å². The van der Waals surface area contributed by atoms with Gasteiger partial charge in [0.15, 0.2) is 11.5 Å². The number of hydrogen-bond acceptors (Lipinski definition) is 6. The molecule has 3 aromatic carbocycles. The summed E-state index contributed by atoms with van der Waals surface area (Å²) >= 11 is 0. The summed E-state index contributed by atoms with van der Waals surface area (Å²) in [4.78, 5) is 27.1. The molecule has 1 atom stereocenters. The largest absolute Gasteiger partial charge is 0.454 e. The van der Waals surface area contributed by atoms with Crippen molar-refractivity contribution < 1.29 is 50.5 Å². The summed E-state index contributed by atoms with van der Waals surface area (Å²) in [5.41, 5.74) is -6.18. The molecule has 8 nitrogen and oxygen atoms in total. The van der Waals surface area contributed by atoms with Crippen molar-refractivity contribution in [2.24, 2.45) is 0 Å². The van der Waals surface area contributed by atoms with Crippen LogP contribution in [0.5, 0.6) is 11.5 Å². The highest BCUT2D eigenvalue weighted by Gasteiger charge is 2.71. The van der Waals surface area contributed by atoms with Crippen LogP contribution in [-0.4, -0.2) is 54.2 Å². The first kappa shape index (κ1) is 31.9. The lowest BCUT2D eigenvalue weighted by atomic mass is 9.89. The maximum absolute atomic E-state index is 13.6. The van der Waals surface area contributed by atoms with Gasteiger partial charge < -0.3 is 25.2 Å². The van der Waals surface area contributed by atoms with E-state index < -0.39 is 41.0 Å². The highest BCUT2D eigenvalue weighted by Crippen LogP contribution is 2.50. The van der Waals surface area contributed by atoms with E-state index in [9.17, 15) is 41.0 Å². The van der Waals surface area contributed by atoms with Crippen molar-refractivity contribution in [3.63, 3.8) is 0 Å². The zero-order valence-corrected chi connectivity index (χ0v) is 23.9. The first-order chi connectivity index (χ1) is 21.1. The Labute approximate surface area is 253 Å². The second kappa shape index (κ2) is 11.8. The fourth-order valence-corrected chi connectivity index (χ4v) is 5.36. The molecule has 0 aliphatic carbocycles. The minimum Gasteiger partial charge on any atom is -0.454 e. The van der Waals surface area contributed by atoms with E-state index in [1.54, 1.807) is 55.5 Å². The summed E-state index contributed by atoms with van der Waals surface area (Å²) in [6, 6.07) is 15.2. The number of fused-ring (bicyclic) bond motifs is 1. The number of carbonyl (C=O) groups excluding carboxylic acids is 2. The third kappa shape index (κ3) is 5.98. The Hall–Kier alpha value is -4.46. The van der Waals surface area contributed by atoms with Crippen LogP contribution in [0.25, 0.3) is 0 Å². The number of aliphatic hydroxyl groups is 1. The van der Waals surface area contributed by atoms with Crippen molar-refractivity contribution in [2.45, 2.75) is 49.7 Å². The van der Waals surface area contributed by atoms with Gasteiger partial charge in [0, 0.05) is 24.3 Å². The Morgan fingerprint density at radius 1 is 0.911 bits per heavy atom. The van der Waals surface area contributed by atoms with E-state index in [2.05, 4.69) is 10.6 Å². The van der Waals surface area contributed by atoms with Crippen LogP contribution in [0.1, 0.15) is 42.0 Å². The van der Waals surface area contributed by atoms with Gasteiger partial charge in [-0.15, -0.1) is 0 Å². The highest BCUT2D eigenvalue weighted by molar-refractivity contribution is 6.07. The summed E-state index contributed by atoms with van der Waals surface area (Å²) in [5.74, 6) is 0.532. The van der Waals surface area contributed by atoms with Crippen molar-refractivity contribution in [2.75, 3.05) is 25.2 Å². The standard InChI is InChI=1S/C31H29F6N3O5/c1-28(21-10-12-24-25(17-21)45-18-44-24)26(41)40(27(42)39-28)14-6-5-13-38-23-11-9-22(29(43,30(32,33)34)31(35,36)37)16-20(23)15-19-7-3-2-4-8-19/h2-4,7-12,16-17,38,43H,5-6,13-15,18H2,1H3,(H,39,42). The number of nitrogens with zero attached hydrogens (tertiary/aromatic N) is 1. The summed E-state index contributed by atoms with van der Waals surface area (Å²) in [5, 5.41) is 15.7. The van der Waals surface area contributed by atoms with E-state index in [0.29, 0.717) is 47.6 Å². The third-order valence-electron chi connectivity index (χ3n) is 7.93. The van der Waals surface area contributed by atoms with Crippen LogP contribution in [0, 0.1) is 0 Å². The summed E-state index contributed by atoms with van der Waals surface area (Å²) in [6.45, 7) is 1.94. The van der Waals surface area contributed by atoms with Gasteiger partial charge in [-0.25, -0.2) is 4.79 Å². The van der Waals surface area contributed by atoms with E-state index >= 15 is 0 Å². The van der Waals surface area contributed by atoms with E-state index in [-0.39, 0.29) is 37.6 Å². The van der Waals surface area contributed by atoms with Crippen LogP contribution in [0.3, 0.4) is 0 Å². The van der Waals surface area contributed by atoms with Gasteiger partial charge in [0.1, 0.15) is 5.54 Å². The SMILES string of the molecule is CC1(c2ccc3c(c2)OCO3)NC(=O)N(CCCCNc2ccc(C(O)(C(F)(F)F)C(F)(F)F)cc2Cc2ccccc2)C1=O. The molecule has 5 rings (SSSR count). The molecule has 14 heteroatoms. The fraction of sp³-hybridized carbons (Fsp3) is 0.355. The lowest BCUT2D eigenvalue weighted by Crippen LogP contribution is -2.54. The number of imide groups is 1. The minimum atomic E-state index is -6.01. The van der Waals surface area contributed by atoms with Gasteiger partial charge in [-0.3, -0.25) is 9.69 Å². The molecule has 45 heavy (non-hydrogen) atoms. The molecule has 2 aliphatic heterocycles. The number of ether oxygens (including phenoxy) is 2. The van der Waals surface area contributed by atoms with Crippen LogP contribution >= 0.6 is 0 Å². The van der Waals surface area contributed by atoms with Crippen LogP contribution < -0.4 is 20.1 Å². The fourth-order valence-electron chi connectivity index (χ4n) is 5.36. The Morgan fingerprint density at radius 3 is 2.29 bits per heavy atom. The predicted molar refractivity (Wildman–Crippen MR) is 150 cm³/mol. The average molecular weight is 638 g/mol. The molecule has 1 fully saturated rings. The zero-order chi connectivity index (χ0) is 32.6. The van der Waals surface area contributed by atoms with Crippen LogP contribution in [-0.2, 0) is 22.4 Å². The molecule has 3 amide bonds. The van der Waals surface area contributed by atoms with Crippen molar-refractivity contribution in [1.29, 1.82) is 0 Å². The first-order valence-corrected chi connectivity index (χ1v) is 14.0. The predicted octanol–water partition coefficient (Wildman–Crippen LogP) is 5.98. The molecule has 3 aromatic rings. The van der Waals surface area contributed by atoms with Gasteiger partial charge in [-0.1, -0.05) is 42.5 Å². The average Bonchev–Trinajstić information content (AvgIpc) is 3.54. The second-order valence-corrected chi connectivity index (χ2v) is 11.0. The quantitative estimate of drug-likeness (QED) is 0.144. The molecule has 0 saturated carbocycles. The second-order valence-electron chi connectivity index (χ2n) is 11.0. The molecule has 0 spiro atoms. The number of hydrogen-bond donors (Lipinski definition) is 3. The number of carbonyl (C=O) groups is 2. The number of alkyl halides is 6. The van der Waals surface area contributed by atoms with E-state index in [0.717, 1.165) is 11.0 Å². The van der Waals surface area contributed by atoms with Gasteiger partial charge in [0.25, 0.3) is 11.5 Å². The first-order valence-electron chi connectivity index (χ1n) is 14.0. The number of urea groups is 1. The van der Waals surface area contributed by atoms with Gasteiger partial charge >= 0.3 is 18.4 Å². The highest BCUT2D eigenvalue weighted by atomic mass is 19.4. The lowest BCUT2D eigenvalue weighted by molar-refractivity contribution is -0.376. The van der Waals surface area contributed by atoms with E-state index in [1.165, 1.54) is 0 Å². The summed E-state index contributed by atoms with van der Waals surface area (Å²) < 4.78 is 92.0. The van der Waals surface area contributed by atoms with Crippen LogP contribution in [0.15, 0.2) is 66.7 Å². The minimum absolute atomic E-state index is 0.0102. The van der Waals surface area contributed by atoms with Gasteiger partial charge in [0.2, 0.25) is 6.79 Å². The van der Waals surface area contributed by atoms with E-state index in [4.69, 9.17) is 9.47 Å². The molecule has 1 saturated heterocycles. The number of anilines is 1. The molecule has 0 radical (unpaired) electrons. The lowest BCUT2D eigenvalue weighted by Gasteiger charge is -2.33. The Balaban J connectivity index is 1.26. The van der Waals surface area contributed by atoms with Crippen molar-refractivity contribution in [3.8, 4) is 11.5 Å². The van der Waals surface area contributed by atoms with Gasteiger partial charge in [-0.2, -0.15) is 26.3 Å². The molecule has 240 valence electrons. The number of halogens is 6. The van der Waals surface area contributed by atoms with Crippen LogP contribution in [0.2, 0.25) is 0 Å². The van der Waals surface area contributed by atoms with Gasteiger partial charge in [-0.05, 0) is 67.1 Å². The number of amides is 3. The van der Waals surface area contributed by atoms with Gasteiger partial charge in [0.05, 0.1) is 0 Å². The number of nitrogens with one attached hydrogen (secondary N) is 2. The molecular weight excluding hydrogens is 608 g/mol. The van der Waals surface area contributed by atoms with Crippen LogP contribution in [0.4, 0.5) is 36.8 Å². The molecule has 0 bridgehead atoms. The topological polar surface area (TPSA) is 100 Å². The van der Waals surface area contributed by atoms with Crippen molar-refractivity contribution in [3.05, 3.63) is 89.0 Å². The molecule has 3 N–H and O–H groups in total. The third-order valence-corrected chi connectivity index (χ3v) is 7.93. The normalized spacial score (nSPS) is 18.4. The number of unbranched alkanes of at least 4 members (excludes halogenated alkanes) is 1. The molecule has 0 aromatic heterocycles. The number of rotatable bonds is 10. The van der Waals surface area contributed by atoms with Crippen molar-refractivity contribution in [1.82, 2.24) is 10.2 Å².